The van der Waals surface area contributed by atoms with Crippen LogP contribution in [0.1, 0.15) is 19.3 Å². The standard InChI is InChI=1S/C14H22N4O/c1-18-9-3-2-4-13(18)10-16-11-5-7-12(8-6-11)17-14(15)19/h5-8,13,16H,2-4,9-10H2,1H3,(H3,15,17,19). The molecule has 1 fully saturated rings. The van der Waals surface area contributed by atoms with E-state index in [1.165, 1.54) is 25.8 Å². The largest absolute Gasteiger partial charge is 0.383 e. The number of nitrogens with two attached hydrogens (primary N) is 1. The van der Waals surface area contributed by atoms with E-state index in [9.17, 15) is 4.79 Å². The molecular formula is C14H22N4O. The lowest BCUT2D eigenvalue weighted by molar-refractivity contribution is 0.194. The lowest BCUT2D eigenvalue weighted by Crippen LogP contribution is -2.40. The van der Waals surface area contributed by atoms with Crippen LogP contribution in [0.25, 0.3) is 0 Å². The minimum absolute atomic E-state index is 0.537. The van der Waals surface area contributed by atoms with Gasteiger partial charge in [0.15, 0.2) is 0 Å². The Labute approximate surface area is 114 Å². The Balaban J connectivity index is 1.84. The number of carbonyl (C=O) groups excluding carboxylic acids is 1. The van der Waals surface area contributed by atoms with Gasteiger partial charge in [0.05, 0.1) is 0 Å². The number of likely N-dealkylation sites (tertiary alicyclic amines) is 1. The van der Waals surface area contributed by atoms with Crippen molar-refractivity contribution in [3.05, 3.63) is 24.3 Å². The molecule has 0 aromatic heterocycles. The van der Waals surface area contributed by atoms with Gasteiger partial charge in [-0.1, -0.05) is 6.42 Å². The second-order valence-electron chi connectivity index (χ2n) is 5.08. The minimum atomic E-state index is -0.537. The van der Waals surface area contributed by atoms with E-state index in [-0.39, 0.29) is 0 Å². The van der Waals surface area contributed by atoms with Gasteiger partial charge in [0.25, 0.3) is 0 Å². The molecule has 5 heteroatoms. The molecule has 5 nitrogen and oxygen atoms in total. The fourth-order valence-electron chi connectivity index (χ4n) is 2.45. The zero-order chi connectivity index (χ0) is 13.7. The van der Waals surface area contributed by atoms with Gasteiger partial charge >= 0.3 is 6.03 Å². The van der Waals surface area contributed by atoms with Gasteiger partial charge in [0, 0.05) is 24.0 Å². The van der Waals surface area contributed by atoms with Gasteiger partial charge in [0.2, 0.25) is 0 Å². The summed E-state index contributed by atoms with van der Waals surface area (Å²) in [6.07, 6.45) is 3.88. The molecule has 1 aromatic carbocycles. The number of nitrogens with one attached hydrogen (secondary N) is 2. The van der Waals surface area contributed by atoms with Crippen LogP contribution in [-0.2, 0) is 0 Å². The van der Waals surface area contributed by atoms with Crippen molar-refractivity contribution >= 4 is 17.4 Å². The second-order valence-corrected chi connectivity index (χ2v) is 5.08. The van der Waals surface area contributed by atoms with Gasteiger partial charge in [-0.3, -0.25) is 0 Å². The number of benzene rings is 1. The molecule has 0 radical (unpaired) electrons. The molecule has 4 N–H and O–H groups in total. The monoisotopic (exact) mass is 262 g/mol. The summed E-state index contributed by atoms with van der Waals surface area (Å²) in [4.78, 5) is 13.1. The van der Waals surface area contributed by atoms with Crippen LogP contribution >= 0.6 is 0 Å². The van der Waals surface area contributed by atoms with Crippen LogP contribution in [0.4, 0.5) is 16.2 Å². The number of rotatable bonds is 4. The molecular weight excluding hydrogens is 240 g/mol. The summed E-state index contributed by atoms with van der Waals surface area (Å²) in [5.74, 6) is 0. The smallest absolute Gasteiger partial charge is 0.316 e. The van der Waals surface area contributed by atoms with Crippen LogP contribution in [0.5, 0.6) is 0 Å². The Hall–Kier alpha value is -1.75. The van der Waals surface area contributed by atoms with Crippen LogP contribution < -0.4 is 16.4 Å². The van der Waals surface area contributed by atoms with Crippen molar-refractivity contribution in [3.8, 4) is 0 Å². The van der Waals surface area contributed by atoms with E-state index in [4.69, 9.17) is 5.73 Å². The first-order valence-corrected chi connectivity index (χ1v) is 6.76. The second kappa shape index (κ2) is 6.43. The van der Waals surface area contributed by atoms with Crippen LogP contribution in [-0.4, -0.2) is 37.1 Å². The fraction of sp³-hybridized carbons (Fsp3) is 0.500. The van der Waals surface area contributed by atoms with Crippen molar-refractivity contribution in [3.63, 3.8) is 0 Å². The van der Waals surface area contributed by atoms with E-state index in [1.807, 2.05) is 24.3 Å². The number of hydrogen-bond acceptors (Lipinski definition) is 3. The maximum absolute atomic E-state index is 10.7. The summed E-state index contributed by atoms with van der Waals surface area (Å²) >= 11 is 0. The molecule has 1 atom stereocenters. The minimum Gasteiger partial charge on any atom is -0.383 e. The average Bonchev–Trinajstić information content (AvgIpc) is 2.39. The highest BCUT2D eigenvalue weighted by molar-refractivity contribution is 5.87. The zero-order valence-electron chi connectivity index (χ0n) is 11.4. The molecule has 1 heterocycles. The summed E-state index contributed by atoms with van der Waals surface area (Å²) < 4.78 is 0. The Morgan fingerprint density at radius 2 is 2.00 bits per heavy atom. The molecule has 1 saturated heterocycles. The molecule has 0 spiro atoms. The third-order valence-electron chi connectivity index (χ3n) is 3.62. The summed E-state index contributed by atoms with van der Waals surface area (Å²) in [7, 11) is 2.19. The van der Waals surface area contributed by atoms with E-state index in [2.05, 4.69) is 22.6 Å². The predicted octanol–water partition coefficient (Wildman–Crippen LogP) is 2.07. The SMILES string of the molecule is CN1CCCCC1CNc1ccc(NC(N)=O)cc1. The van der Waals surface area contributed by atoms with Crippen LogP contribution in [0.3, 0.4) is 0 Å². The number of anilines is 2. The van der Waals surface area contributed by atoms with E-state index in [1.54, 1.807) is 0 Å². The van der Waals surface area contributed by atoms with Gasteiger partial charge in [-0.05, 0) is 50.7 Å². The summed E-state index contributed by atoms with van der Waals surface area (Å²) in [5, 5.41) is 5.99. The zero-order valence-corrected chi connectivity index (χ0v) is 11.4. The molecule has 1 aliphatic heterocycles. The third kappa shape index (κ3) is 4.13. The van der Waals surface area contributed by atoms with Crippen molar-refractivity contribution in [1.29, 1.82) is 0 Å². The van der Waals surface area contributed by atoms with Crippen molar-refractivity contribution in [1.82, 2.24) is 4.90 Å². The van der Waals surface area contributed by atoms with Crippen molar-refractivity contribution in [2.75, 3.05) is 30.8 Å². The van der Waals surface area contributed by atoms with E-state index in [0.717, 1.165) is 12.2 Å². The van der Waals surface area contributed by atoms with Gasteiger partial charge in [-0.15, -0.1) is 0 Å². The predicted molar refractivity (Wildman–Crippen MR) is 78.4 cm³/mol. The Morgan fingerprint density at radius 1 is 1.32 bits per heavy atom. The maximum atomic E-state index is 10.7. The van der Waals surface area contributed by atoms with Crippen molar-refractivity contribution < 1.29 is 4.79 Å². The molecule has 0 aliphatic carbocycles. The summed E-state index contributed by atoms with van der Waals surface area (Å²) in [5.41, 5.74) is 6.84. The molecule has 19 heavy (non-hydrogen) atoms. The van der Waals surface area contributed by atoms with Crippen LogP contribution in [0.2, 0.25) is 0 Å². The number of urea groups is 1. The molecule has 1 aliphatic rings. The number of primary amides is 1. The lowest BCUT2D eigenvalue weighted by Gasteiger charge is -2.32. The van der Waals surface area contributed by atoms with E-state index in [0.29, 0.717) is 11.7 Å². The summed E-state index contributed by atoms with van der Waals surface area (Å²) in [6, 6.07) is 7.67. The highest BCUT2D eigenvalue weighted by Gasteiger charge is 2.18. The fourth-order valence-corrected chi connectivity index (χ4v) is 2.45. The van der Waals surface area contributed by atoms with Gasteiger partial charge in [-0.25, -0.2) is 4.79 Å². The van der Waals surface area contributed by atoms with Gasteiger partial charge in [0.1, 0.15) is 0 Å². The molecule has 104 valence electrons. The Morgan fingerprint density at radius 3 is 2.63 bits per heavy atom. The first-order chi connectivity index (χ1) is 9.15. The third-order valence-corrected chi connectivity index (χ3v) is 3.62. The van der Waals surface area contributed by atoms with E-state index < -0.39 is 6.03 Å². The molecule has 1 unspecified atom stereocenters. The molecule has 0 bridgehead atoms. The number of carbonyl (C=O) groups is 1. The van der Waals surface area contributed by atoms with E-state index >= 15 is 0 Å². The quantitative estimate of drug-likeness (QED) is 0.778. The summed E-state index contributed by atoms with van der Waals surface area (Å²) in [6.45, 7) is 2.15. The first kappa shape index (κ1) is 13.7. The first-order valence-electron chi connectivity index (χ1n) is 6.76. The van der Waals surface area contributed by atoms with Gasteiger partial charge in [-0.2, -0.15) is 0 Å². The number of piperidine rings is 1. The molecule has 2 rings (SSSR count). The molecule has 2 amide bonds. The number of amides is 2. The number of nitrogens with zero attached hydrogens (tertiary/aromatic N) is 1. The Bertz CT molecular complexity index is 418. The van der Waals surface area contributed by atoms with Crippen molar-refractivity contribution in [2.45, 2.75) is 25.3 Å². The highest BCUT2D eigenvalue weighted by atomic mass is 16.2. The van der Waals surface area contributed by atoms with Crippen LogP contribution in [0.15, 0.2) is 24.3 Å². The van der Waals surface area contributed by atoms with Crippen LogP contribution in [0, 0.1) is 0 Å². The topological polar surface area (TPSA) is 70.4 Å². The lowest BCUT2D eigenvalue weighted by atomic mass is 10.0. The maximum Gasteiger partial charge on any atom is 0.316 e. The Kier molecular flexibility index (Phi) is 4.63. The average molecular weight is 262 g/mol. The van der Waals surface area contributed by atoms with Gasteiger partial charge < -0.3 is 21.3 Å². The molecule has 0 saturated carbocycles. The number of likely N-dealkylation sites (N-methyl/N-ethyl adjacent to an activating group) is 1. The van der Waals surface area contributed by atoms with Crippen molar-refractivity contribution in [2.24, 2.45) is 5.73 Å². The normalized spacial score (nSPS) is 19.9. The molecule has 1 aromatic rings. The highest BCUT2D eigenvalue weighted by Crippen LogP contribution is 2.17. The number of hydrogen-bond donors (Lipinski definition) is 3.